The molecule has 1 aromatic carbocycles. The molecule has 0 nitrogen and oxygen atoms in total. The minimum absolute atomic E-state index is 0.0258. The van der Waals surface area contributed by atoms with Crippen LogP contribution in [0, 0.1) is 30.0 Å². The van der Waals surface area contributed by atoms with Gasteiger partial charge in [0.05, 0.1) is 0 Å². The fourth-order valence-electron chi connectivity index (χ4n) is 5.61. The number of fused-ring (bicyclic) bond motifs is 5. The van der Waals surface area contributed by atoms with Gasteiger partial charge in [0.2, 0.25) is 0 Å². The Labute approximate surface area is 127 Å². The van der Waals surface area contributed by atoms with E-state index in [1.54, 1.807) is 0 Å². The molecule has 112 valence electrons. The van der Waals surface area contributed by atoms with Crippen LogP contribution in [-0.4, -0.2) is 0 Å². The first kappa shape index (κ1) is 13.5. The van der Waals surface area contributed by atoms with Crippen molar-refractivity contribution in [1.29, 1.82) is 0 Å². The molecule has 3 aliphatic rings. The molecule has 0 N–H and O–H groups in total. The molecule has 1 aromatic rings. The minimum atomic E-state index is -0.0258. The van der Waals surface area contributed by atoms with Gasteiger partial charge >= 0.3 is 0 Å². The Morgan fingerprint density at radius 2 is 2.00 bits per heavy atom. The van der Waals surface area contributed by atoms with Crippen molar-refractivity contribution < 1.29 is 4.39 Å². The lowest BCUT2D eigenvalue weighted by Crippen LogP contribution is -2.40. The van der Waals surface area contributed by atoms with Crippen molar-refractivity contribution in [3.05, 3.63) is 46.8 Å². The van der Waals surface area contributed by atoms with Gasteiger partial charge in [0.1, 0.15) is 5.82 Å². The third-order valence-corrected chi connectivity index (χ3v) is 6.96. The number of benzene rings is 1. The van der Waals surface area contributed by atoms with Crippen molar-refractivity contribution in [3.8, 4) is 0 Å². The highest BCUT2D eigenvalue weighted by molar-refractivity contribution is 5.39. The summed E-state index contributed by atoms with van der Waals surface area (Å²) in [6, 6.07) is 3.95. The normalized spacial score (nSPS) is 37.9. The van der Waals surface area contributed by atoms with Crippen LogP contribution in [0.4, 0.5) is 4.39 Å². The molecule has 3 aliphatic carbocycles. The SMILES string of the molecule is C=C1CCC2C3CCc4cc(F)c(C)cc4C3CCC12C. The summed E-state index contributed by atoms with van der Waals surface area (Å²) in [6.45, 7) is 8.73. The summed E-state index contributed by atoms with van der Waals surface area (Å²) in [4.78, 5) is 0. The number of rotatable bonds is 0. The molecule has 0 bridgehead atoms. The summed E-state index contributed by atoms with van der Waals surface area (Å²) in [6.07, 6.45) is 7.38. The standard InChI is InChI=1S/C20H25F/c1-12-10-17-14(11-19(12)21)5-6-16-15(17)8-9-20(3)13(2)4-7-18(16)20/h10-11,15-16,18H,2,4-9H2,1,3H3. The predicted octanol–water partition coefficient (Wildman–Crippen LogP) is 5.55. The van der Waals surface area contributed by atoms with Gasteiger partial charge in [-0.25, -0.2) is 4.39 Å². The summed E-state index contributed by atoms with van der Waals surface area (Å²) in [5.41, 5.74) is 5.43. The molecule has 4 rings (SSSR count). The molecule has 0 amide bonds. The highest BCUT2D eigenvalue weighted by Gasteiger charge is 2.51. The van der Waals surface area contributed by atoms with Crippen molar-refractivity contribution >= 4 is 0 Å². The van der Waals surface area contributed by atoms with Crippen molar-refractivity contribution in [2.45, 2.75) is 58.3 Å². The lowest BCUT2D eigenvalue weighted by molar-refractivity contribution is 0.0816. The van der Waals surface area contributed by atoms with E-state index in [-0.39, 0.29) is 5.82 Å². The topological polar surface area (TPSA) is 0 Å². The largest absolute Gasteiger partial charge is 0.207 e. The van der Waals surface area contributed by atoms with Crippen LogP contribution in [0.5, 0.6) is 0 Å². The molecule has 0 radical (unpaired) electrons. The maximum absolute atomic E-state index is 13.8. The Balaban J connectivity index is 1.75. The fourth-order valence-corrected chi connectivity index (χ4v) is 5.61. The maximum atomic E-state index is 13.8. The van der Waals surface area contributed by atoms with Crippen molar-refractivity contribution in [2.24, 2.45) is 17.3 Å². The van der Waals surface area contributed by atoms with Gasteiger partial charge in [-0.05, 0) is 91.4 Å². The van der Waals surface area contributed by atoms with E-state index in [1.165, 1.54) is 48.8 Å². The highest BCUT2D eigenvalue weighted by atomic mass is 19.1. The quantitative estimate of drug-likeness (QED) is 0.548. The molecule has 4 atom stereocenters. The molecule has 2 saturated carbocycles. The second-order valence-electron chi connectivity index (χ2n) is 7.81. The van der Waals surface area contributed by atoms with Gasteiger partial charge < -0.3 is 0 Å². The van der Waals surface area contributed by atoms with Crippen molar-refractivity contribution in [3.63, 3.8) is 0 Å². The summed E-state index contributed by atoms with van der Waals surface area (Å²) >= 11 is 0. The zero-order chi connectivity index (χ0) is 14.8. The average molecular weight is 284 g/mol. The number of hydrogen-bond donors (Lipinski definition) is 0. The van der Waals surface area contributed by atoms with Crippen LogP contribution in [-0.2, 0) is 6.42 Å². The molecule has 4 unspecified atom stereocenters. The van der Waals surface area contributed by atoms with E-state index < -0.39 is 0 Å². The summed E-state index contributed by atoms with van der Waals surface area (Å²) in [5.74, 6) is 2.24. The molecular formula is C20H25F. The molecule has 21 heavy (non-hydrogen) atoms. The van der Waals surface area contributed by atoms with Crippen LogP contribution >= 0.6 is 0 Å². The predicted molar refractivity (Wildman–Crippen MR) is 84.9 cm³/mol. The summed E-state index contributed by atoms with van der Waals surface area (Å²) in [7, 11) is 0. The first-order valence-electron chi connectivity index (χ1n) is 8.48. The van der Waals surface area contributed by atoms with Gasteiger partial charge in [-0.3, -0.25) is 0 Å². The van der Waals surface area contributed by atoms with Crippen LogP contribution in [0.2, 0.25) is 0 Å². The van der Waals surface area contributed by atoms with Crippen LogP contribution in [0.25, 0.3) is 0 Å². The molecule has 0 spiro atoms. The Morgan fingerprint density at radius 1 is 1.19 bits per heavy atom. The van der Waals surface area contributed by atoms with E-state index in [2.05, 4.69) is 19.6 Å². The van der Waals surface area contributed by atoms with E-state index in [4.69, 9.17) is 0 Å². The van der Waals surface area contributed by atoms with Crippen molar-refractivity contribution in [2.75, 3.05) is 0 Å². The Morgan fingerprint density at radius 3 is 2.81 bits per heavy atom. The summed E-state index contributed by atoms with van der Waals surface area (Å²) in [5, 5.41) is 0. The maximum Gasteiger partial charge on any atom is 0.126 e. The Kier molecular flexibility index (Phi) is 2.87. The molecular weight excluding hydrogens is 259 g/mol. The minimum Gasteiger partial charge on any atom is -0.207 e. The van der Waals surface area contributed by atoms with E-state index in [1.807, 2.05) is 13.0 Å². The second kappa shape index (κ2) is 4.44. The molecule has 0 aromatic heterocycles. The average Bonchev–Trinajstić information content (AvgIpc) is 2.76. The van der Waals surface area contributed by atoms with Crippen LogP contribution < -0.4 is 0 Å². The van der Waals surface area contributed by atoms with E-state index in [9.17, 15) is 4.39 Å². The highest BCUT2D eigenvalue weighted by Crippen LogP contribution is 2.62. The number of aryl methyl sites for hydroxylation is 2. The van der Waals surface area contributed by atoms with Crippen LogP contribution in [0.3, 0.4) is 0 Å². The van der Waals surface area contributed by atoms with Gasteiger partial charge in [0, 0.05) is 0 Å². The first-order valence-corrected chi connectivity index (χ1v) is 8.48. The van der Waals surface area contributed by atoms with Crippen molar-refractivity contribution in [1.82, 2.24) is 0 Å². The Hall–Kier alpha value is -1.11. The lowest BCUT2D eigenvalue weighted by atomic mass is 9.55. The number of halogens is 1. The molecule has 0 aliphatic heterocycles. The number of allylic oxidation sites excluding steroid dienone is 1. The molecule has 1 heteroatoms. The summed E-state index contributed by atoms with van der Waals surface area (Å²) < 4.78 is 13.8. The van der Waals surface area contributed by atoms with Crippen LogP contribution in [0.15, 0.2) is 24.3 Å². The molecule has 0 heterocycles. The zero-order valence-corrected chi connectivity index (χ0v) is 13.2. The van der Waals surface area contributed by atoms with Gasteiger partial charge in [-0.2, -0.15) is 0 Å². The monoisotopic (exact) mass is 284 g/mol. The van der Waals surface area contributed by atoms with Gasteiger partial charge in [0.15, 0.2) is 0 Å². The number of hydrogen-bond acceptors (Lipinski definition) is 0. The fraction of sp³-hybridized carbons (Fsp3) is 0.600. The molecule has 2 fully saturated rings. The van der Waals surface area contributed by atoms with E-state index >= 15 is 0 Å². The van der Waals surface area contributed by atoms with Gasteiger partial charge in [-0.15, -0.1) is 0 Å². The van der Waals surface area contributed by atoms with Gasteiger partial charge in [-0.1, -0.05) is 25.1 Å². The zero-order valence-electron chi connectivity index (χ0n) is 13.2. The lowest BCUT2D eigenvalue weighted by Gasteiger charge is -2.49. The third kappa shape index (κ3) is 1.79. The van der Waals surface area contributed by atoms with E-state index in [0.717, 1.165) is 23.8 Å². The second-order valence-corrected chi connectivity index (χ2v) is 7.81. The smallest absolute Gasteiger partial charge is 0.126 e. The van der Waals surface area contributed by atoms with E-state index in [0.29, 0.717) is 11.3 Å². The van der Waals surface area contributed by atoms with Crippen LogP contribution in [0.1, 0.15) is 61.6 Å². The third-order valence-electron chi connectivity index (χ3n) is 6.96. The molecule has 0 saturated heterocycles. The first-order chi connectivity index (χ1) is 10.0. The Bertz CT molecular complexity index is 615. The van der Waals surface area contributed by atoms with Gasteiger partial charge in [0.25, 0.3) is 0 Å².